The lowest BCUT2D eigenvalue weighted by Gasteiger charge is -2.19. The molecule has 0 aliphatic heterocycles. The number of hydrogen-bond acceptors (Lipinski definition) is 5. The van der Waals surface area contributed by atoms with Gasteiger partial charge in [0.2, 0.25) is 10.0 Å². The van der Waals surface area contributed by atoms with Gasteiger partial charge in [0.15, 0.2) is 0 Å². The second-order valence-electron chi connectivity index (χ2n) is 8.39. The Morgan fingerprint density at radius 2 is 1.91 bits per heavy atom. The molecule has 3 heterocycles. The number of aryl methyl sites for hydroxylation is 1. The number of fused-ring (bicyclic) bond motifs is 1. The van der Waals surface area contributed by atoms with Gasteiger partial charge in [-0.2, -0.15) is 23.2 Å². The maximum atomic E-state index is 12.9. The highest BCUT2D eigenvalue weighted by Gasteiger charge is 2.39. The van der Waals surface area contributed by atoms with E-state index in [0.717, 1.165) is 38.8 Å². The van der Waals surface area contributed by atoms with Gasteiger partial charge in [0, 0.05) is 23.8 Å². The summed E-state index contributed by atoms with van der Waals surface area (Å²) in [5.74, 6) is 0. The topological polar surface area (TPSA) is 101 Å². The molecule has 4 rings (SSSR count). The van der Waals surface area contributed by atoms with Crippen LogP contribution >= 0.6 is 11.6 Å². The van der Waals surface area contributed by atoms with E-state index in [0.29, 0.717) is 38.6 Å². The van der Waals surface area contributed by atoms with Crippen molar-refractivity contribution in [2.45, 2.75) is 62.7 Å². The molecule has 180 valence electrons. The molecule has 0 amide bonds. The quantitative estimate of drug-likeness (QED) is 0.502. The third-order valence-corrected chi connectivity index (χ3v) is 7.74. The lowest BCUT2D eigenvalue weighted by Crippen LogP contribution is -2.43. The van der Waals surface area contributed by atoms with Gasteiger partial charge in [0.1, 0.15) is 22.7 Å². The minimum atomic E-state index is -4.73. The fraction of sp³-hybridized carbons (Fsp3) is 0.409. The molecule has 0 aromatic carbocycles. The molecule has 12 heteroatoms. The fourth-order valence-corrected chi connectivity index (χ4v) is 5.75. The van der Waals surface area contributed by atoms with Gasteiger partial charge in [-0.1, -0.05) is 24.4 Å². The summed E-state index contributed by atoms with van der Waals surface area (Å²) in [4.78, 5) is 8.38. The van der Waals surface area contributed by atoms with Crippen molar-refractivity contribution in [3.05, 3.63) is 40.7 Å². The van der Waals surface area contributed by atoms with E-state index in [1.54, 1.807) is 17.7 Å². The van der Waals surface area contributed by atoms with E-state index in [1.165, 1.54) is 12.3 Å². The van der Waals surface area contributed by atoms with Gasteiger partial charge in [0.05, 0.1) is 22.0 Å². The highest BCUT2D eigenvalue weighted by Crippen LogP contribution is 2.41. The second kappa shape index (κ2) is 8.83. The highest BCUT2D eigenvalue weighted by atomic mass is 35.5. The minimum Gasteiger partial charge on any atom is -0.320 e. The van der Waals surface area contributed by atoms with E-state index in [4.69, 9.17) is 11.6 Å². The number of hydrogen-bond donors (Lipinski definition) is 1. The van der Waals surface area contributed by atoms with E-state index < -0.39 is 27.1 Å². The number of aromatic nitrogens is 3. The molecule has 1 unspecified atom stereocenters. The van der Waals surface area contributed by atoms with Crippen molar-refractivity contribution in [3.63, 3.8) is 0 Å². The number of halogens is 4. The Bertz CT molecular complexity index is 1410. The lowest BCUT2D eigenvalue weighted by molar-refractivity contribution is -0.147. The molecule has 1 fully saturated rings. The molecule has 1 saturated carbocycles. The van der Waals surface area contributed by atoms with Gasteiger partial charge in [-0.3, -0.25) is 4.98 Å². The molecule has 1 atom stereocenters. The number of alkyl halides is 3. The molecule has 0 saturated heterocycles. The predicted octanol–water partition coefficient (Wildman–Crippen LogP) is 5.28. The number of nitriles is 1. The molecular formula is C22H21ClF3N5O2S. The van der Waals surface area contributed by atoms with Gasteiger partial charge in [-0.15, -0.1) is 0 Å². The molecule has 0 bridgehead atoms. The summed E-state index contributed by atoms with van der Waals surface area (Å²) in [6, 6.07) is 2.94. The third kappa shape index (κ3) is 4.37. The summed E-state index contributed by atoms with van der Waals surface area (Å²) in [6.07, 6.45) is 1.59. The van der Waals surface area contributed by atoms with Crippen LogP contribution in [0.15, 0.2) is 29.4 Å². The van der Waals surface area contributed by atoms with Gasteiger partial charge in [-0.25, -0.2) is 13.4 Å². The Balaban J connectivity index is 1.87. The van der Waals surface area contributed by atoms with E-state index in [1.807, 2.05) is 4.57 Å². The van der Waals surface area contributed by atoms with Crippen LogP contribution in [0.4, 0.5) is 13.2 Å². The van der Waals surface area contributed by atoms with Crippen LogP contribution in [-0.2, 0) is 10.0 Å². The van der Waals surface area contributed by atoms with Crippen LogP contribution in [-0.4, -0.2) is 35.2 Å². The average molecular weight is 512 g/mol. The van der Waals surface area contributed by atoms with Crippen LogP contribution < -0.4 is 4.72 Å². The molecular weight excluding hydrogens is 491 g/mol. The Hall–Kier alpha value is -2.68. The van der Waals surface area contributed by atoms with Crippen molar-refractivity contribution >= 4 is 32.7 Å². The largest absolute Gasteiger partial charge is 0.404 e. The highest BCUT2D eigenvalue weighted by molar-refractivity contribution is 7.89. The number of rotatable bonds is 5. The second-order valence-corrected chi connectivity index (χ2v) is 10.5. The molecule has 1 N–H and O–H groups in total. The summed E-state index contributed by atoms with van der Waals surface area (Å²) in [7, 11) is -4.47. The monoisotopic (exact) mass is 511 g/mol. The zero-order valence-corrected chi connectivity index (χ0v) is 19.9. The Morgan fingerprint density at radius 1 is 1.24 bits per heavy atom. The summed E-state index contributed by atoms with van der Waals surface area (Å²) in [6.45, 7) is 2.33. The Labute approximate surface area is 199 Å². The molecule has 3 aromatic rings. The first-order chi connectivity index (χ1) is 15.9. The minimum absolute atomic E-state index is 0.0761. The van der Waals surface area contributed by atoms with Gasteiger partial charge >= 0.3 is 6.18 Å². The number of pyridine rings is 2. The SMILES string of the molecule is Cc1cc(S(=O)(=O)NC(C)C(F)(F)F)cnc1-c1c(C#N)c2cc(Cl)cnc2n1C1CCCC1. The van der Waals surface area contributed by atoms with Crippen LogP contribution in [0, 0.1) is 18.3 Å². The molecule has 3 aromatic heterocycles. The zero-order chi connectivity index (χ0) is 24.8. The van der Waals surface area contributed by atoms with Crippen molar-refractivity contribution in [2.24, 2.45) is 0 Å². The molecule has 1 aliphatic rings. The lowest BCUT2D eigenvalue weighted by atomic mass is 10.1. The van der Waals surface area contributed by atoms with Crippen molar-refractivity contribution in [2.75, 3.05) is 0 Å². The van der Waals surface area contributed by atoms with Crippen molar-refractivity contribution in [1.82, 2.24) is 19.3 Å². The standard InChI is InChI=1S/C22H21ClF3N5O2S/c1-12-7-16(34(32,33)30-13(2)22(24,25)26)11-28-19(12)20-18(9-27)17-8-14(23)10-29-21(17)31(20)15-5-3-4-6-15/h7-8,10-11,13,15,30H,3-6H2,1-2H3. The van der Waals surface area contributed by atoms with E-state index in [9.17, 15) is 26.9 Å². The summed E-state index contributed by atoms with van der Waals surface area (Å²) >= 11 is 6.14. The fourth-order valence-electron chi connectivity index (χ4n) is 4.34. The first-order valence-electron chi connectivity index (χ1n) is 10.6. The molecule has 0 spiro atoms. The van der Waals surface area contributed by atoms with Crippen LogP contribution in [0.2, 0.25) is 5.02 Å². The molecule has 7 nitrogen and oxygen atoms in total. The van der Waals surface area contributed by atoms with Gasteiger partial charge in [0.25, 0.3) is 0 Å². The predicted molar refractivity (Wildman–Crippen MR) is 121 cm³/mol. The third-order valence-electron chi connectivity index (χ3n) is 6.02. The summed E-state index contributed by atoms with van der Waals surface area (Å²) in [5.41, 5.74) is 2.15. The van der Waals surface area contributed by atoms with Crippen LogP contribution in [0.3, 0.4) is 0 Å². The number of sulfonamides is 1. The zero-order valence-electron chi connectivity index (χ0n) is 18.3. The van der Waals surface area contributed by atoms with E-state index in [-0.39, 0.29) is 6.04 Å². The van der Waals surface area contributed by atoms with E-state index in [2.05, 4.69) is 16.0 Å². The average Bonchev–Trinajstić information content (AvgIpc) is 3.38. The van der Waals surface area contributed by atoms with Crippen LogP contribution in [0.5, 0.6) is 0 Å². The maximum absolute atomic E-state index is 12.9. The molecule has 0 radical (unpaired) electrons. The van der Waals surface area contributed by atoms with Crippen LogP contribution in [0.1, 0.15) is 49.8 Å². The first-order valence-corrected chi connectivity index (χ1v) is 12.5. The summed E-state index contributed by atoms with van der Waals surface area (Å²) < 4.78 is 67.3. The Kier molecular flexibility index (Phi) is 6.35. The van der Waals surface area contributed by atoms with Crippen molar-refractivity contribution in [1.29, 1.82) is 5.26 Å². The normalized spacial score (nSPS) is 16.1. The molecule has 34 heavy (non-hydrogen) atoms. The van der Waals surface area contributed by atoms with Gasteiger partial charge < -0.3 is 4.57 Å². The number of nitrogens with one attached hydrogen (secondary N) is 1. The van der Waals surface area contributed by atoms with E-state index >= 15 is 0 Å². The smallest absolute Gasteiger partial charge is 0.320 e. The maximum Gasteiger partial charge on any atom is 0.404 e. The van der Waals surface area contributed by atoms with Gasteiger partial charge in [-0.05, 0) is 44.4 Å². The summed E-state index contributed by atoms with van der Waals surface area (Å²) in [5, 5.41) is 10.9. The molecule has 1 aliphatic carbocycles. The van der Waals surface area contributed by atoms with Crippen molar-refractivity contribution in [3.8, 4) is 17.5 Å². The van der Waals surface area contributed by atoms with Crippen molar-refractivity contribution < 1.29 is 21.6 Å². The first kappa shape index (κ1) is 24.4. The Morgan fingerprint density at radius 3 is 2.50 bits per heavy atom. The number of nitrogens with zero attached hydrogens (tertiary/aromatic N) is 4. The van der Waals surface area contributed by atoms with Crippen LogP contribution in [0.25, 0.3) is 22.4 Å².